The molecule has 2 heteroatoms. The highest BCUT2D eigenvalue weighted by Gasteiger charge is 2.29. The minimum Gasteiger partial charge on any atom is -0.399 e. The summed E-state index contributed by atoms with van der Waals surface area (Å²) in [5.41, 5.74) is 7.93. The Morgan fingerprint density at radius 2 is 1.88 bits per heavy atom. The van der Waals surface area contributed by atoms with Crippen LogP contribution in [-0.4, -0.2) is 17.5 Å². The second-order valence-corrected chi connectivity index (χ2v) is 5.23. The molecule has 1 aliphatic rings. The van der Waals surface area contributed by atoms with Crippen molar-refractivity contribution in [3.8, 4) is 0 Å². The third-order valence-electron chi connectivity index (χ3n) is 3.75. The lowest BCUT2D eigenvalue weighted by atomic mass is 10.1. The Bertz CT molecular complexity index is 344. The van der Waals surface area contributed by atoms with E-state index < -0.39 is 0 Å². The van der Waals surface area contributed by atoms with E-state index in [4.69, 9.17) is 5.73 Å². The van der Waals surface area contributed by atoms with E-state index in [0.717, 1.165) is 11.6 Å². The average Bonchev–Trinajstić information content (AvgIpc) is 2.58. The number of anilines is 1. The van der Waals surface area contributed by atoms with Gasteiger partial charge in [0.2, 0.25) is 0 Å². The standard InChI is InChI=1S/C14H22N2/c1-10-8-11(2)16(9-10)12(3)13-4-6-14(15)7-5-13/h4-7,10-12H,8-9,15H2,1-3H3. The van der Waals surface area contributed by atoms with Gasteiger partial charge >= 0.3 is 0 Å². The zero-order valence-electron chi connectivity index (χ0n) is 10.5. The predicted octanol–water partition coefficient (Wildman–Crippen LogP) is 3.06. The van der Waals surface area contributed by atoms with Gasteiger partial charge in [-0.25, -0.2) is 0 Å². The summed E-state index contributed by atoms with van der Waals surface area (Å²) in [6.07, 6.45) is 1.32. The first-order valence-corrected chi connectivity index (χ1v) is 6.19. The summed E-state index contributed by atoms with van der Waals surface area (Å²) in [6.45, 7) is 8.18. The van der Waals surface area contributed by atoms with Crippen molar-refractivity contribution < 1.29 is 0 Å². The third-order valence-corrected chi connectivity index (χ3v) is 3.75. The first-order valence-electron chi connectivity index (χ1n) is 6.19. The molecule has 1 saturated heterocycles. The Kier molecular flexibility index (Phi) is 3.20. The van der Waals surface area contributed by atoms with Crippen LogP contribution in [0.4, 0.5) is 5.69 Å². The smallest absolute Gasteiger partial charge is 0.0322 e. The molecular formula is C14H22N2. The molecule has 2 rings (SSSR count). The summed E-state index contributed by atoms with van der Waals surface area (Å²) in [5, 5.41) is 0. The molecule has 3 unspecified atom stereocenters. The van der Waals surface area contributed by atoms with Gasteiger partial charge in [-0.05, 0) is 43.9 Å². The first kappa shape index (κ1) is 11.5. The molecule has 16 heavy (non-hydrogen) atoms. The van der Waals surface area contributed by atoms with Crippen molar-refractivity contribution >= 4 is 5.69 Å². The van der Waals surface area contributed by atoms with E-state index in [2.05, 4.69) is 37.8 Å². The van der Waals surface area contributed by atoms with Crippen molar-refractivity contribution in [2.24, 2.45) is 5.92 Å². The Labute approximate surface area is 98.4 Å². The van der Waals surface area contributed by atoms with E-state index in [-0.39, 0.29) is 0 Å². The summed E-state index contributed by atoms with van der Waals surface area (Å²) in [5.74, 6) is 0.825. The zero-order valence-corrected chi connectivity index (χ0v) is 10.5. The molecule has 88 valence electrons. The van der Waals surface area contributed by atoms with E-state index in [0.29, 0.717) is 12.1 Å². The van der Waals surface area contributed by atoms with Gasteiger partial charge in [-0.15, -0.1) is 0 Å². The Morgan fingerprint density at radius 1 is 1.25 bits per heavy atom. The van der Waals surface area contributed by atoms with E-state index in [1.807, 2.05) is 12.1 Å². The van der Waals surface area contributed by atoms with Gasteiger partial charge in [-0.3, -0.25) is 4.90 Å². The average molecular weight is 218 g/mol. The number of nitrogen functional groups attached to an aromatic ring is 1. The van der Waals surface area contributed by atoms with Crippen molar-refractivity contribution in [3.05, 3.63) is 29.8 Å². The normalized spacial score (nSPS) is 28.2. The van der Waals surface area contributed by atoms with Crippen LogP contribution in [0.3, 0.4) is 0 Å². The molecule has 1 heterocycles. The molecule has 2 nitrogen and oxygen atoms in total. The van der Waals surface area contributed by atoms with Crippen molar-refractivity contribution in [2.45, 2.75) is 39.3 Å². The number of rotatable bonds is 2. The molecular weight excluding hydrogens is 196 g/mol. The molecule has 1 aromatic carbocycles. The van der Waals surface area contributed by atoms with Crippen LogP contribution in [0.5, 0.6) is 0 Å². The molecule has 1 fully saturated rings. The predicted molar refractivity (Wildman–Crippen MR) is 69.2 cm³/mol. The molecule has 0 aliphatic carbocycles. The molecule has 0 aromatic heterocycles. The van der Waals surface area contributed by atoms with Crippen LogP contribution in [0, 0.1) is 5.92 Å². The largest absolute Gasteiger partial charge is 0.399 e. The van der Waals surface area contributed by atoms with E-state index in [1.165, 1.54) is 18.5 Å². The Morgan fingerprint density at radius 3 is 2.38 bits per heavy atom. The molecule has 1 aromatic rings. The van der Waals surface area contributed by atoms with E-state index in [9.17, 15) is 0 Å². The maximum Gasteiger partial charge on any atom is 0.0322 e. The number of nitrogens with two attached hydrogens (primary N) is 1. The van der Waals surface area contributed by atoms with Crippen LogP contribution in [0.25, 0.3) is 0 Å². The molecule has 0 bridgehead atoms. The second-order valence-electron chi connectivity index (χ2n) is 5.23. The van der Waals surface area contributed by atoms with Gasteiger partial charge < -0.3 is 5.73 Å². The van der Waals surface area contributed by atoms with Crippen LogP contribution in [0.1, 0.15) is 38.8 Å². The number of hydrogen-bond acceptors (Lipinski definition) is 2. The summed E-state index contributed by atoms with van der Waals surface area (Å²) >= 11 is 0. The van der Waals surface area contributed by atoms with Crippen molar-refractivity contribution in [2.75, 3.05) is 12.3 Å². The van der Waals surface area contributed by atoms with Crippen molar-refractivity contribution in [3.63, 3.8) is 0 Å². The number of hydrogen-bond donors (Lipinski definition) is 1. The van der Waals surface area contributed by atoms with Crippen LogP contribution >= 0.6 is 0 Å². The Hall–Kier alpha value is -1.02. The van der Waals surface area contributed by atoms with Crippen LogP contribution in [0.15, 0.2) is 24.3 Å². The lowest BCUT2D eigenvalue weighted by molar-refractivity contribution is 0.201. The third kappa shape index (κ3) is 2.22. The summed E-state index contributed by atoms with van der Waals surface area (Å²) in [6, 6.07) is 9.49. The number of likely N-dealkylation sites (tertiary alicyclic amines) is 1. The van der Waals surface area contributed by atoms with Gasteiger partial charge in [0.25, 0.3) is 0 Å². The quantitative estimate of drug-likeness (QED) is 0.773. The van der Waals surface area contributed by atoms with Gasteiger partial charge in [0.1, 0.15) is 0 Å². The maximum atomic E-state index is 5.72. The fourth-order valence-electron chi connectivity index (χ4n) is 2.84. The van der Waals surface area contributed by atoms with Gasteiger partial charge in [-0.2, -0.15) is 0 Å². The molecule has 3 atom stereocenters. The number of nitrogens with zero attached hydrogens (tertiary/aromatic N) is 1. The lowest BCUT2D eigenvalue weighted by Gasteiger charge is -2.29. The Balaban J connectivity index is 2.12. The molecule has 0 amide bonds. The fraction of sp³-hybridized carbons (Fsp3) is 0.571. The fourth-order valence-corrected chi connectivity index (χ4v) is 2.84. The minimum absolute atomic E-state index is 0.501. The lowest BCUT2D eigenvalue weighted by Crippen LogP contribution is -2.30. The molecule has 1 aliphatic heterocycles. The summed E-state index contributed by atoms with van der Waals surface area (Å²) in [4.78, 5) is 2.59. The monoisotopic (exact) mass is 218 g/mol. The number of benzene rings is 1. The van der Waals surface area contributed by atoms with Gasteiger partial charge in [0, 0.05) is 24.3 Å². The van der Waals surface area contributed by atoms with Gasteiger partial charge in [-0.1, -0.05) is 19.1 Å². The molecule has 0 saturated carbocycles. The van der Waals surface area contributed by atoms with E-state index in [1.54, 1.807) is 0 Å². The first-order chi connectivity index (χ1) is 7.58. The van der Waals surface area contributed by atoms with Gasteiger partial charge in [0.05, 0.1) is 0 Å². The molecule has 0 radical (unpaired) electrons. The molecule has 2 N–H and O–H groups in total. The van der Waals surface area contributed by atoms with Crippen LogP contribution < -0.4 is 5.73 Å². The minimum atomic E-state index is 0.501. The highest BCUT2D eigenvalue weighted by atomic mass is 15.2. The second kappa shape index (κ2) is 4.46. The maximum absolute atomic E-state index is 5.72. The van der Waals surface area contributed by atoms with Crippen molar-refractivity contribution in [1.29, 1.82) is 0 Å². The van der Waals surface area contributed by atoms with E-state index >= 15 is 0 Å². The van der Waals surface area contributed by atoms with Crippen LogP contribution in [-0.2, 0) is 0 Å². The SMILES string of the molecule is CC1CC(C)N(C(C)c2ccc(N)cc2)C1. The molecule has 0 spiro atoms. The van der Waals surface area contributed by atoms with Gasteiger partial charge in [0.15, 0.2) is 0 Å². The zero-order chi connectivity index (χ0) is 11.7. The highest BCUT2D eigenvalue weighted by molar-refractivity contribution is 5.40. The summed E-state index contributed by atoms with van der Waals surface area (Å²) in [7, 11) is 0. The highest BCUT2D eigenvalue weighted by Crippen LogP contribution is 2.31. The van der Waals surface area contributed by atoms with Crippen molar-refractivity contribution in [1.82, 2.24) is 4.90 Å². The van der Waals surface area contributed by atoms with Crippen LogP contribution in [0.2, 0.25) is 0 Å². The topological polar surface area (TPSA) is 29.3 Å². The summed E-state index contributed by atoms with van der Waals surface area (Å²) < 4.78 is 0.